The molecular formula is C11H13P. The van der Waals surface area contributed by atoms with Gasteiger partial charge >= 0.3 is 0 Å². The lowest BCUT2D eigenvalue weighted by Gasteiger charge is -1.96. The van der Waals surface area contributed by atoms with Crippen molar-refractivity contribution in [2.75, 3.05) is 0 Å². The second-order valence-corrected chi connectivity index (χ2v) is 3.18. The predicted octanol–water partition coefficient (Wildman–Crippen LogP) is 2.78. The fourth-order valence-electron chi connectivity index (χ4n) is 0.954. The Morgan fingerprint density at radius 3 is 2.75 bits per heavy atom. The normalized spacial score (nSPS) is 10.4. The maximum atomic E-state index is 3.66. The van der Waals surface area contributed by atoms with Gasteiger partial charge in [-0.05, 0) is 17.3 Å². The summed E-state index contributed by atoms with van der Waals surface area (Å²) in [5, 5.41) is 1.23. The summed E-state index contributed by atoms with van der Waals surface area (Å²) < 4.78 is 0. The third kappa shape index (κ3) is 2.64. The van der Waals surface area contributed by atoms with Gasteiger partial charge in [0.15, 0.2) is 0 Å². The van der Waals surface area contributed by atoms with Crippen molar-refractivity contribution in [3.63, 3.8) is 0 Å². The number of hydrogen-bond donors (Lipinski definition) is 0. The lowest BCUT2D eigenvalue weighted by Crippen LogP contribution is -1.93. The largest absolute Gasteiger partial charge is 0.105 e. The molecule has 1 atom stereocenters. The molecule has 1 aromatic rings. The van der Waals surface area contributed by atoms with Gasteiger partial charge in [-0.25, -0.2) is 0 Å². The molecule has 62 valence electrons. The van der Waals surface area contributed by atoms with Crippen LogP contribution in [0.4, 0.5) is 0 Å². The van der Waals surface area contributed by atoms with Crippen molar-refractivity contribution >= 4 is 20.6 Å². The smallest absolute Gasteiger partial charge is 0.0169 e. The molecule has 0 aliphatic heterocycles. The highest BCUT2D eigenvalue weighted by Gasteiger charge is 1.88. The molecule has 0 bridgehead atoms. The summed E-state index contributed by atoms with van der Waals surface area (Å²) in [6.07, 6.45) is 7.04. The van der Waals surface area contributed by atoms with Gasteiger partial charge in [0.05, 0.1) is 0 Å². The van der Waals surface area contributed by atoms with Gasteiger partial charge < -0.3 is 0 Å². The van der Waals surface area contributed by atoms with Gasteiger partial charge in [0.2, 0.25) is 0 Å². The first-order chi connectivity index (χ1) is 5.84. The minimum Gasteiger partial charge on any atom is -0.105 e. The highest BCUT2D eigenvalue weighted by Crippen LogP contribution is 2.03. The summed E-state index contributed by atoms with van der Waals surface area (Å²) in [6, 6.07) is 8.26. The molecule has 0 N–H and O–H groups in total. The quantitative estimate of drug-likeness (QED) is 0.490. The van der Waals surface area contributed by atoms with Crippen molar-refractivity contribution in [3.05, 3.63) is 48.6 Å². The topological polar surface area (TPSA) is 0 Å². The summed E-state index contributed by atoms with van der Waals surface area (Å²) in [5.41, 5.74) is 1.25. The zero-order chi connectivity index (χ0) is 8.81. The number of allylic oxidation sites excluding steroid dienone is 2. The van der Waals surface area contributed by atoms with E-state index in [1.807, 2.05) is 18.2 Å². The SMILES string of the molecule is C=CCC=Cc1ccccc1P. The molecule has 12 heavy (non-hydrogen) atoms. The van der Waals surface area contributed by atoms with Gasteiger partial charge in [-0.15, -0.1) is 15.8 Å². The van der Waals surface area contributed by atoms with Gasteiger partial charge in [0.1, 0.15) is 0 Å². The van der Waals surface area contributed by atoms with Crippen LogP contribution in [0.25, 0.3) is 6.08 Å². The van der Waals surface area contributed by atoms with Crippen molar-refractivity contribution in [1.82, 2.24) is 0 Å². The van der Waals surface area contributed by atoms with Crippen molar-refractivity contribution in [1.29, 1.82) is 0 Å². The molecule has 0 spiro atoms. The molecule has 0 amide bonds. The zero-order valence-corrected chi connectivity index (χ0v) is 8.19. The molecule has 0 nitrogen and oxygen atoms in total. The fourth-order valence-corrected chi connectivity index (χ4v) is 1.26. The Morgan fingerprint density at radius 1 is 1.33 bits per heavy atom. The van der Waals surface area contributed by atoms with E-state index in [9.17, 15) is 0 Å². The van der Waals surface area contributed by atoms with Crippen LogP contribution < -0.4 is 5.30 Å². The minimum absolute atomic E-state index is 0.930. The Bertz CT molecular complexity index is 287. The molecule has 1 aromatic carbocycles. The summed E-state index contributed by atoms with van der Waals surface area (Å²) in [6.45, 7) is 3.66. The van der Waals surface area contributed by atoms with Crippen molar-refractivity contribution in [2.24, 2.45) is 0 Å². The Hall–Kier alpha value is -0.870. The third-order valence-corrected chi connectivity index (χ3v) is 2.12. The molecule has 1 heteroatoms. The fraction of sp³-hybridized carbons (Fsp3) is 0.0909. The lowest BCUT2D eigenvalue weighted by atomic mass is 10.2. The van der Waals surface area contributed by atoms with Crippen molar-refractivity contribution < 1.29 is 0 Å². The van der Waals surface area contributed by atoms with E-state index in [1.54, 1.807) is 0 Å². The van der Waals surface area contributed by atoms with Crippen LogP contribution in [0.3, 0.4) is 0 Å². The van der Waals surface area contributed by atoms with Gasteiger partial charge in [-0.2, -0.15) is 0 Å². The molecule has 1 rings (SSSR count). The van der Waals surface area contributed by atoms with Crippen molar-refractivity contribution in [2.45, 2.75) is 6.42 Å². The van der Waals surface area contributed by atoms with Crippen LogP contribution in [0, 0.1) is 0 Å². The van der Waals surface area contributed by atoms with Crippen LogP contribution in [-0.4, -0.2) is 0 Å². The average molecular weight is 176 g/mol. The van der Waals surface area contributed by atoms with Crippen LogP contribution in [0.2, 0.25) is 0 Å². The van der Waals surface area contributed by atoms with Gasteiger partial charge in [0.25, 0.3) is 0 Å². The van der Waals surface area contributed by atoms with Crippen LogP contribution in [0.15, 0.2) is 43.0 Å². The van der Waals surface area contributed by atoms with Crippen LogP contribution in [-0.2, 0) is 0 Å². The van der Waals surface area contributed by atoms with E-state index in [2.05, 4.69) is 40.1 Å². The first kappa shape index (κ1) is 9.22. The second-order valence-electron chi connectivity index (χ2n) is 2.56. The van der Waals surface area contributed by atoms with Crippen LogP contribution in [0.1, 0.15) is 12.0 Å². The maximum absolute atomic E-state index is 3.66. The molecule has 1 unspecified atom stereocenters. The molecule has 0 radical (unpaired) electrons. The molecule has 0 aliphatic carbocycles. The number of benzene rings is 1. The minimum atomic E-state index is 0.930. The predicted molar refractivity (Wildman–Crippen MR) is 59.6 cm³/mol. The molecule has 0 aromatic heterocycles. The van der Waals surface area contributed by atoms with E-state index in [-0.39, 0.29) is 0 Å². The van der Waals surface area contributed by atoms with Gasteiger partial charge in [0, 0.05) is 0 Å². The Balaban J connectivity index is 2.74. The van der Waals surface area contributed by atoms with Gasteiger partial charge in [-0.3, -0.25) is 0 Å². The summed E-state index contributed by atoms with van der Waals surface area (Å²) in [7, 11) is 2.72. The number of rotatable bonds is 3. The first-order valence-corrected chi connectivity index (χ1v) is 4.54. The van der Waals surface area contributed by atoms with E-state index < -0.39 is 0 Å². The summed E-state index contributed by atoms with van der Waals surface area (Å²) in [4.78, 5) is 0. The molecule has 0 saturated carbocycles. The maximum Gasteiger partial charge on any atom is -0.0169 e. The Morgan fingerprint density at radius 2 is 2.08 bits per heavy atom. The highest BCUT2D eigenvalue weighted by molar-refractivity contribution is 7.27. The lowest BCUT2D eigenvalue weighted by molar-refractivity contribution is 1.42. The molecular weight excluding hydrogens is 163 g/mol. The molecule has 0 aliphatic rings. The van der Waals surface area contributed by atoms with E-state index >= 15 is 0 Å². The molecule has 0 heterocycles. The van der Waals surface area contributed by atoms with Crippen molar-refractivity contribution in [3.8, 4) is 0 Å². The molecule has 0 fully saturated rings. The standard InChI is InChI=1S/C11H13P/c1-2-3-4-7-10-8-5-6-9-11(10)12/h2,4-9H,1,3,12H2. The summed E-state index contributed by atoms with van der Waals surface area (Å²) in [5.74, 6) is 0. The van der Waals surface area contributed by atoms with E-state index in [0.717, 1.165) is 6.42 Å². The van der Waals surface area contributed by atoms with Crippen LogP contribution >= 0.6 is 9.24 Å². The first-order valence-electron chi connectivity index (χ1n) is 3.96. The Kier molecular flexibility index (Phi) is 3.76. The van der Waals surface area contributed by atoms with Crippen LogP contribution in [0.5, 0.6) is 0 Å². The Labute approximate surface area is 76.2 Å². The van der Waals surface area contributed by atoms with E-state index in [0.29, 0.717) is 0 Å². The molecule has 0 saturated heterocycles. The number of hydrogen-bond acceptors (Lipinski definition) is 0. The van der Waals surface area contributed by atoms with E-state index in [1.165, 1.54) is 10.9 Å². The third-order valence-electron chi connectivity index (χ3n) is 1.60. The average Bonchev–Trinajstić information content (AvgIpc) is 2.09. The van der Waals surface area contributed by atoms with Gasteiger partial charge in [-0.1, -0.05) is 42.5 Å². The second kappa shape index (κ2) is 4.90. The highest BCUT2D eigenvalue weighted by atomic mass is 31.0. The zero-order valence-electron chi connectivity index (χ0n) is 7.03. The monoisotopic (exact) mass is 176 g/mol. The van der Waals surface area contributed by atoms with E-state index in [4.69, 9.17) is 0 Å². The summed E-state index contributed by atoms with van der Waals surface area (Å²) >= 11 is 0.